The molecule has 1 N–H and O–H groups in total. The number of methoxy groups -OCH3 is 1. The summed E-state index contributed by atoms with van der Waals surface area (Å²) in [5, 5.41) is 2.94. The van der Waals surface area contributed by atoms with E-state index in [4.69, 9.17) is 16.3 Å². The number of ether oxygens (including phenoxy) is 1. The van der Waals surface area contributed by atoms with Gasteiger partial charge in [-0.2, -0.15) is 13.2 Å². The van der Waals surface area contributed by atoms with Crippen LogP contribution in [-0.4, -0.2) is 20.2 Å². The molecule has 0 radical (unpaired) electrons. The Kier molecular flexibility index (Phi) is 5.51. The van der Waals surface area contributed by atoms with Gasteiger partial charge in [-0.15, -0.1) is 0 Å². The maximum atomic E-state index is 12.9. The summed E-state index contributed by atoms with van der Waals surface area (Å²) in [5.74, 6) is 0.00203. The maximum Gasteiger partial charge on any atom is 0.416 e. The van der Waals surface area contributed by atoms with Crippen molar-refractivity contribution in [3.8, 4) is 5.75 Å². The van der Waals surface area contributed by atoms with Crippen LogP contribution in [0.5, 0.6) is 5.75 Å². The first-order chi connectivity index (χ1) is 12.2. The van der Waals surface area contributed by atoms with Crippen LogP contribution in [-0.2, 0) is 16.4 Å². The predicted molar refractivity (Wildman–Crippen MR) is 91.6 cm³/mol. The van der Waals surface area contributed by atoms with Crippen LogP contribution >= 0.6 is 11.6 Å². The predicted octanol–water partition coefficient (Wildman–Crippen LogP) is 5.21. The van der Waals surface area contributed by atoms with E-state index < -0.39 is 23.1 Å². The number of alkyl halides is 4. The highest BCUT2D eigenvalue weighted by Gasteiger charge is 2.47. The fraction of sp³-hybridized carbons (Fsp3) is 0.278. The van der Waals surface area contributed by atoms with Crippen molar-refractivity contribution in [2.45, 2.75) is 18.5 Å². The molecule has 3 nitrogen and oxygen atoms in total. The second-order valence-corrected chi connectivity index (χ2v) is 6.12. The largest absolute Gasteiger partial charge is 0.496 e. The van der Waals surface area contributed by atoms with Gasteiger partial charge in [-0.05, 0) is 42.8 Å². The number of nitrogens with one attached hydrogen (secondary N) is 1. The average Bonchev–Trinajstić information content (AvgIpc) is 2.87. The van der Waals surface area contributed by atoms with Crippen LogP contribution in [0.25, 0.3) is 0 Å². The molecular weight excluding hydrogens is 374 g/mol. The van der Waals surface area contributed by atoms with Crippen LogP contribution in [0.15, 0.2) is 36.4 Å². The van der Waals surface area contributed by atoms with E-state index in [-0.39, 0.29) is 5.69 Å². The number of hydrogen-bond acceptors (Lipinski definition) is 2. The minimum Gasteiger partial charge on any atom is -0.496 e. The number of fused-ring (bicyclic) bond motifs is 1. The van der Waals surface area contributed by atoms with Crippen molar-refractivity contribution in [2.24, 2.45) is 0 Å². The lowest BCUT2D eigenvalue weighted by atomic mass is 9.76. The van der Waals surface area contributed by atoms with Crippen LogP contribution in [0, 0.1) is 0 Å². The molecule has 0 fully saturated rings. The normalized spacial score (nSPS) is 18.5. The number of benzene rings is 2. The van der Waals surface area contributed by atoms with Gasteiger partial charge in [-0.25, -0.2) is 0 Å². The van der Waals surface area contributed by atoms with Crippen LogP contribution in [0.4, 0.5) is 23.2 Å². The van der Waals surface area contributed by atoms with Crippen LogP contribution in [0.3, 0.4) is 0 Å². The molecule has 0 saturated heterocycles. The standard InChI is InChI=1S/C17H13ClF3NO2.CH3F/c1-16(12-8-10(18)4-6-14(12)24-2)11-5-3-9(17(19,20)21)7-13(11)22-15(16)23;1-2/h3-8H,1-2H3,(H,22,23);1H3. The zero-order valence-corrected chi connectivity index (χ0v) is 14.9. The molecule has 1 aliphatic rings. The van der Waals surface area contributed by atoms with Crippen molar-refractivity contribution < 1.29 is 27.1 Å². The molecule has 1 unspecified atom stereocenters. The van der Waals surface area contributed by atoms with E-state index in [1.807, 2.05) is 0 Å². The van der Waals surface area contributed by atoms with Gasteiger partial charge in [0.05, 0.1) is 19.9 Å². The summed E-state index contributed by atoms with van der Waals surface area (Å²) in [6, 6.07) is 8.05. The van der Waals surface area contributed by atoms with Crippen molar-refractivity contribution >= 4 is 23.2 Å². The number of carbonyl (C=O) groups excluding carboxylic acids is 1. The van der Waals surface area contributed by atoms with E-state index in [0.717, 1.165) is 12.1 Å². The highest BCUT2D eigenvalue weighted by atomic mass is 35.5. The lowest BCUT2D eigenvalue weighted by Gasteiger charge is -2.25. The zero-order valence-electron chi connectivity index (χ0n) is 14.2. The fourth-order valence-corrected chi connectivity index (χ4v) is 3.14. The number of halogens is 5. The molecule has 2 aromatic rings. The summed E-state index contributed by atoms with van der Waals surface area (Å²) < 4.78 is 53.5. The molecule has 0 aliphatic carbocycles. The molecule has 1 amide bonds. The summed E-state index contributed by atoms with van der Waals surface area (Å²) in [6.45, 7) is 1.63. The van der Waals surface area contributed by atoms with Crippen molar-refractivity contribution in [2.75, 3.05) is 19.6 Å². The van der Waals surface area contributed by atoms with E-state index >= 15 is 0 Å². The van der Waals surface area contributed by atoms with E-state index in [1.54, 1.807) is 25.1 Å². The molecule has 1 atom stereocenters. The molecule has 1 aliphatic heterocycles. The number of rotatable bonds is 2. The summed E-state index contributed by atoms with van der Waals surface area (Å²) in [4.78, 5) is 12.6. The SMILES string of the molecule is CF.COc1ccc(Cl)cc1C1(C)C(=O)Nc2cc(C(F)(F)F)ccc21. The molecular formula is C18H16ClF4NO2. The highest BCUT2D eigenvalue weighted by molar-refractivity contribution is 6.30. The first-order valence-corrected chi connectivity index (χ1v) is 7.80. The van der Waals surface area contributed by atoms with E-state index in [2.05, 4.69) is 5.32 Å². The summed E-state index contributed by atoms with van der Waals surface area (Å²) >= 11 is 6.04. The Bertz CT molecular complexity index is 838. The second-order valence-electron chi connectivity index (χ2n) is 5.68. The van der Waals surface area contributed by atoms with Crippen LogP contribution in [0.1, 0.15) is 23.6 Å². The van der Waals surface area contributed by atoms with E-state index in [9.17, 15) is 22.4 Å². The third-order valence-electron chi connectivity index (χ3n) is 4.29. The summed E-state index contributed by atoms with van der Waals surface area (Å²) in [6.07, 6.45) is -4.48. The van der Waals surface area contributed by atoms with Gasteiger partial charge in [0.2, 0.25) is 5.91 Å². The van der Waals surface area contributed by atoms with Crippen molar-refractivity contribution in [1.29, 1.82) is 0 Å². The number of carbonyl (C=O) groups is 1. The second kappa shape index (κ2) is 7.15. The third kappa shape index (κ3) is 3.23. The van der Waals surface area contributed by atoms with Gasteiger partial charge in [0.15, 0.2) is 0 Å². The molecule has 3 rings (SSSR count). The van der Waals surface area contributed by atoms with Gasteiger partial charge in [0, 0.05) is 16.3 Å². The summed E-state index contributed by atoms with van der Waals surface area (Å²) in [7, 11) is 1.95. The molecule has 8 heteroatoms. The smallest absolute Gasteiger partial charge is 0.416 e. The zero-order chi connectivity index (χ0) is 19.7. The Morgan fingerprint density at radius 2 is 1.73 bits per heavy atom. The molecule has 26 heavy (non-hydrogen) atoms. The first-order valence-electron chi connectivity index (χ1n) is 7.43. The first kappa shape index (κ1) is 20.0. The van der Waals surface area contributed by atoms with Gasteiger partial charge >= 0.3 is 6.18 Å². The Morgan fingerprint density at radius 3 is 2.31 bits per heavy atom. The van der Waals surface area contributed by atoms with Gasteiger partial charge in [0.1, 0.15) is 11.2 Å². The molecule has 2 aromatic carbocycles. The number of hydrogen-bond donors (Lipinski definition) is 1. The van der Waals surface area contributed by atoms with E-state index in [0.29, 0.717) is 29.1 Å². The third-order valence-corrected chi connectivity index (χ3v) is 4.52. The molecule has 0 spiro atoms. The monoisotopic (exact) mass is 389 g/mol. The lowest BCUT2D eigenvalue weighted by molar-refractivity contribution is -0.137. The Morgan fingerprint density at radius 1 is 1.08 bits per heavy atom. The maximum absolute atomic E-state index is 12.9. The fourth-order valence-electron chi connectivity index (χ4n) is 2.97. The van der Waals surface area contributed by atoms with Gasteiger partial charge in [0.25, 0.3) is 0 Å². The van der Waals surface area contributed by atoms with Crippen molar-refractivity contribution in [3.63, 3.8) is 0 Å². The van der Waals surface area contributed by atoms with E-state index in [1.165, 1.54) is 13.2 Å². The Hall–Kier alpha value is -2.28. The highest BCUT2D eigenvalue weighted by Crippen LogP contribution is 2.47. The van der Waals surface area contributed by atoms with Gasteiger partial charge in [-0.1, -0.05) is 17.7 Å². The number of amides is 1. The molecule has 0 aromatic heterocycles. The minimum absolute atomic E-state index is 0.138. The van der Waals surface area contributed by atoms with Crippen molar-refractivity contribution in [1.82, 2.24) is 0 Å². The Balaban J connectivity index is 0.00000117. The Labute approximate surface area is 152 Å². The molecule has 0 saturated carbocycles. The minimum atomic E-state index is -4.48. The number of anilines is 1. The van der Waals surface area contributed by atoms with Crippen molar-refractivity contribution in [3.05, 3.63) is 58.1 Å². The topological polar surface area (TPSA) is 38.3 Å². The molecule has 0 bridgehead atoms. The van der Waals surface area contributed by atoms with Crippen LogP contribution in [0.2, 0.25) is 5.02 Å². The van der Waals surface area contributed by atoms with Gasteiger partial charge in [-0.3, -0.25) is 9.18 Å². The summed E-state index contributed by atoms with van der Waals surface area (Å²) in [5.41, 5.74) is -0.937. The van der Waals surface area contributed by atoms with Crippen LogP contribution < -0.4 is 10.1 Å². The average molecular weight is 390 g/mol. The lowest BCUT2D eigenvalue weighted by Crippen LogP contribution is -2.32. The quantitative estimate of drug-likeness (QED) is 0.716. The molecule has 1 heterocycles. The molecule has 140 valence electrons. The van der Waals surface area contributed by atoms with Gasteiger partial charge < -0.3 is 10.1 Å².